The van der Waals surface area contributed by atoms with Gasteiger partial charge in [-0.1, -0.05) is 294 Å². The molecular weight excluding hydrogens is 1220 g/mol. The molecule has 5 heteroatoms. The zero-order chi connectivity index (χ0) is 70.8. The molecule has 0 fully saturated rings. The first kappa shape index (κ1) is 65.5. The Morgan fingerprint density at radius 1 is 0.277 bits per heavy atom. The molecule has 0 amide bonds. The molecule has 0 saturated carbocycles. The Labute approximate surface area is 599 Å². The first-order valence-corrected chi connectivity index (χ1v) is 36.5. The van der Waals surface area contributed by atoms with E-state index < -0.39 is 0 Å². The topological polar surface area (TPSA) is 24.6 Å². The minimum Gasteiger partial charge on any atom is -0.456 e. The summed E-state index contributed by atoms with van der Waals surface area (Å²) in [6.07, 6.45) is 0. The van der Waals surface area contributed by atoms with Crippen molar-refractivity contribution in [3.05, 3.63) is 276 Å². The molecule has 0 aliphatic carbocycles. The molecular formula is C96H94BN3O. The number of fused-ring (bicyclic) bond motifs is 10. The van der Waals surface area contributed by atoms with Crippen LogP contribution in [0, 0.1) is 0 Å². The van der Waals surface area contributed by atoms with Crippen molar-refractivity contribution in [2.45, 2.75) is 157 Å². The number of aromatic nitrogens is 1. The maximum absolute atomic E-state index is 7.06. The summed E-state index contributed by atoms with van der Waals surface area (Å²) in [5.41, 5.74) is 32.2. The smallest absolute Gasteiger partial charge is 0.252 e. The quantitative estimate of drug-likeness (QED) is 0.149. The van der Waals surface area contributed by atoms with Gasteiger partial charge in [-0.15, -0.1) is 0 Å². The van der Waals surface area contributed by atoms with Crippen LogP contribution in [-0.4, -0.2) is 11.3 Å². The lowest BCUT2D eigenvalue weighted by atomic mass is 9.33. The number of furan rings is 1. The van der Waals surface area contributed by atoms with Crippen molar-refractivity contribution in [2.75, 3.05) is 9.80 Å². The first-order chi connectivity index (χ1) is 47.9. The number of hydrogen-bond donors (Lipinski definition) is 0. The van der Waals surface area contributed by atoms with Crippen molar-refractivity contribution in [1.82, 2.24) is 4.57 Å². The molecule has 2 aliphatic heterocycles. The summed E-state index contributed by atoms with van der Waals surface area (Å²) >= 11 is 0. The molecule has 0 saturated heterocycles. The third-order valence-electron chi connectivity index (χ3n) is 21.8. The minimum atomic E-state index is -0.319. The van der Waals surface area contributed by atoms with E-state index in [1.807, 2.05) is 0 Å². The molecule has 0 radical (unpaired) electrons. The summed E-state index contributed by atoms with van der Waals surface area (Å²) in [7, 11) is 0. The lowest BCUT2D eigenvalue weighted by molar-refractivity contribution is 0.568. The maximum atomic E-state index is 7.06. The van der Waals surface area contributed by atoms with Crippen molar-refractivity contribution in [3.8, 4) is 50.2 Å². The highest BCUT2D eigenvalue weighted by Crippen LogP contribution is 2.55. The monoisotopic (exact) mass is 1320 g/mol. The molecule has 14 aromatic rings. The molecule has 4 heterocycles. The van der Waals surface area contributed by atoms with Gasteiger partial charge in [0.05, 0.1) is 27.8 Å². The number of nitrogens with zero attached hydrogens (tertiary/aromatic N) is 3. The van der Waals surface area contributed by atoms with E-state index in [1.165, 1.54) is 88.4 Å². The van der Waals surface area contributed by atoms with Gasteiger partial charge in [-0.05, 0) is 194 Å². The summed E-state index contributed by atoms with van der Waals surface area (Å²) in [6, 6.07) is 93.7. The Hall–Kier alpha value is -10.1. The van der Waals surface area contributed by atoms with Crippen LogP contribution in [-0.2, 0) is 32.5 Å². The predicted octanol–water partition coefficient (Wildman–Crippen LogP) is 25.2. The third kappa shape index (κ3) is 11.2. The fourth-order valence-corrected chi connectivity index (χ4v) is 15.9. The van der Waals surface area contributed by atoms with Crippen molar-refractivity contribution < 1.29 is 4.42 Å². The van der Waals surface area contributed by atoms with Gasteiger partial charge in [-0.3, -0.25) is 0 Å². The fraction of sp³-hybridized carbons (Fsp3) is 0.250. The second-order valence-electron chi connectivity index (χ2n) is 35.1. The highest BCUT2D eigenvalue weighted by molar-refractivity contribution is 7.00. The summed E-state index contributed by atoms with van der Waals surface area (Å²) in [6.45, 7) is 42.2. The molecule has 16 rings (SSSR count). The predicted molar refractivity (Wildman–Crippen MR) is 436 cm³/mol. The van der Waals surface area contributed by atoms with E-state index in [-0.39, 0.29) is 39.2 Å². The molecule has 0 unspecified atom stereocenters. The Kier molecular flexibility index (Phi) is 15.1. The molecule has 101 heavy (non-hydrogen) atoms. The number of anilines is 6. The van der Waals surface area contributed by atoms with Crippen LogP contribution in [0.15, 0.2) is 247 Å². The average Bonchev–Trinajstić information content (AvgIpc) is 1.28. The van der Waals surface area contributed by atoms with Gasteiger partial charge in [0, 0.05) is 50.2 Å². The van der Waals surface area contributed by atoms with Crippen molar-refractivity contribution in [1.29, 1.82) is 0 Å². The van der Waals surface area contributed by atoms with Gasteiger partial charge in [0.1, 0.15) is 11.2 Å². The summed E-state index contributed by atoms with van der Waals surface area (Å²) in [5.74, 6) is 0. The second kappa shape index (κ2) is 23.2. The normalized spacial score (nSPS) is 13.6. The van der Waals surface area contributed by atoms with Gasteiger partial charge in [-0.2, -0.15) is 0 Å². The van der Waals surface area contributed by atoms with Gasteiger partial charge >= 0.3 is 0 Å². The van der Waals surface area contributed by atoms with E-state index in [2.05, 4.69) is 382 Å². The fourth-order valence-electron chi connectivity index (χ4n) is 15.9. The lowest BCUT2D eigenvalue weighted by Gasteiger charge is -2.46. The molecule has 0 spiro atoms. The Morgan fingerprint density at radius 2 is 0.723 bits per heavy atom. The number of benzene rings is 12. The van der Waals surface area contributed by atoms with Gasteiger partial charge in [-0.25, -0.2) is 0 Å². The molecule has 4 nitrogen and oxygen atoms in total. The number of rotatable bonds is 7. The van der Waals surface area contributed by atoms with Crippen molar-refractivity contribution in [2.24, 2.45) is 0 Å². The van der Waals surface area contributed by atoms with E-state index in [4.69, 9.17) is 4.42 Å². The van der Waals surface area contributed by atoms with E-state index >= 15 is 0 Å². The lowest BCUT2D eigenvalue weighted by Crippen LogP contribution is -2.61. The Bertz CT molecular complexity index is 5600. The van der Waals surface area contributed by atoms with Gasteiger partial charge in [0.25, 0.3) is 6.71 Å². The molecule has 12 aromatic carbocycles. The molecule has 502 valence electrons. The standard InChI is InChI=1S/C96H94BN3O/c1-91(2,3)66-33-29-32-60(46-66)65-53-81-87(74-36-25-27-38-78(74)98(81)72-34-23-20-24-35-72)82(54-65)99-79-51-61(63-47-67(92(4,5)6)55-68(48-63)93(7,8)9)40-43-76(79)97-77-44-41-62(64-49-69(94(10,11)12)56-70(50-64)95(13,14)15)52-80(77)100(84-58-71(96(16,17)18)57-83(99)89(84)97)90-73(59-30-21-19-22-31-59)42-45-86-88(90)75-37-26-28-39-85(75)101-86/h19-58H,1-18H3. The van der Waals surface area contributed by atoms with Gasteiger partial charge < -0.3 is 18.8 Å². The van der Waals surface area contributed by atoms with Crippen LogP contribution >= 0.6 is 0 Å². The van der Waals surface area contributed by atoms with Crippen LogP contribution in [0.3, 0.4) is 0 Å². The Balaban J connectivity index is 1.10. The van der Waals surface area contributed by atoms with Crippen LogP contribution in [0.5, 0.6) is 0 Å². The van der Waals surface area contributed by atoms with Crippen LogP contribution in [0.2, 0.25) is 0 Å². The zero-order valence-electron chi connectivity index (χ0n) is 62.4. The van der Waals surface area contributed by atoms with Gasteiger partial charge in [0.15, 0.2) is 0 Å². The van der Waals surface area contributed by atoms with Crippen molar-refractivity contribution in [3.63, 3.8) is 0 Å². The average molecular weight is 1320 g/mol. The maximum Gasteiger partial charge on any atom is 0.252 e. The molecule has 0 N–H and O–H groups in total. The summed E-state index contributed by atoms with van der Waals surface area (Å²) < 4.78 is 9.57. The van der Waals surface area contributed by atoms with Crippen LogP contribution in [0.25, 0.3) is 93.9 Å². The molecule has 2 aliphatic rings. The van der Waals surface area contributed by atoms with E-state index in [9.17, 15) is 0 Å². The minimum absolute atomic E-state index is 0.0785. The van der Waals surface area contributed by atoms with E-state index in [1.54, 1.807) is 0 Å². The second-order valence-corrected chi connectivity index (χ2v) is 35.1. The molecule has 0 atom stereocenters. The van der Waals surface area contributed by atoms with Crippen LogP contribution in [0.1, 0.15) is 158 Å². The van der Waals surface area contributed by atoms with Gasteiger partial charge in [0.2, 0.25) is 0 Å². The van der Waals surface area contributed by atoms with Crippen molar-refractivity contribution >= 4 is 101 Å². The SMILES string of the molecule is CC(C)(C)c1cccc(-c2cc(N3c4cc(-c5cc(C(C)(C)C)cc(C(C)(C)C)c5)ccc4B4c5ccc(-c6cc(C(C)(C)C)cc(C(C)(C)C)c6)cc5N(c5c(-c6ccccc6)ccc6oc7ccccc7c56)c5cc(C(C)(C)C)cc3c54)c3c4ccccc4n(-c4ccccc4)c3c2)c1. The summed E-state index contributed by atoms with van der Waals surface area (Å²) in [5, 5.41) is 4.56. The summed E-state index contributed by atoms with van der Waals surface area (Å²) in [4.78, 5) is 5.43. The zero-order valence-corrected chi connectivity index (χ0v) is 62.4. The van der Waals surface area contributed by atoms with Crippen LogP contribution in [0.4, 0.5) is 34.1 Å². The van der Waals surface area contributed by atoms with Crippen LogP contribution < -0.4 is 26.2 Å². The van der Waals surface area contributed by atoms with E-state index in [0.29, 0.717) is 0 Å². The third-order valence-corrected chi connectivity index (χ3v) is 21.8. The first-order valence-electron chi connectivity index (χ1n) is 36.5. The number of hydrogen-bond acceptors (Lipinski definition) is 3. The Morgan fingerprint density at radius 3 is 1.29 bits per heavy atom. The highest BCUT2D eigenvalue weighted by atomic mass is 16.3. The largest absolute Gasteiger partial charge is 0.456 e. The van der Waals surface area contributed by atoms with E-state index in [0.717, 1.165) is 89.5 Å². The molecule has 0 bridgehead atoms. The molecule has 2 aromatic heterocycles. The highest BCUT2D eigenvalue weighted by Gasteiger charge is 2.46. The number of para-hydroxylation sites is 3.